The Labute approximate surface area is 141 Å². The first-order valence-corrected chi connectivity index (χ1v) is 8.50. The average molecular weight is 319 g/mol. The van der Waals surface area contributed by atoms with Gasteiger partial charge in [-0.2, -0.15) is 0 Å². The van der Waals surface area contributed by atoms with E-state index in [0.717, 1.165) is 24.3 Å². The number of aromatic amines is 1. The number of benzene rings is 2. The third kappa shape index (κ3) is 2.74. The number of aromatic nitrogens is 2. The van der Waals surface area contributed by atoms with Gasteiger partial charge in [-0.05, 0) is 49.6 Å². The number of hydrogen-bond acceptors (Lipinski definition) is 3. The van der Waals surface area contributed by atoms with E-state index in [9.17, 15) is 4.79 Å². The molecule has 2 aromatic carbocycles. The highest BCUT2D eigenvalue weighted by atomic mass is 16.1. The molecule has 4 rings (SSSR count). The van der Waals surface area contributed by atoms with Gasteiger partial charge in [0.05, 0.1) is 17.4 Å². The van der Waals surface area contributed by atoms with Crippen LogP contribution in [0.15, 0.2) is 53.3 Å². The number of likely N-dealkylation sites (tertiary alicyclic amines) is 1. The van der Waals surface area contributed by atoms with Gasteiger partial charge in [0, 0.05) is 6.04 Å². The van der Waals surface area contributed by atoms with Crippen LogP contribution in [0.25, 0.3) is 10.9 Å². The van der Waals surface area contributed by atoms with Crippen LogP contribution >= 0.6 is 0 Å². The molecule has 1 aliphatic rings. The second-order valence-corrected chi connectivity index (χ2v) is 6.51. The number of rotatable bonds is 3. The van der Waals surface area contributed by atoms with Crippen molar-refractivity contribution in [3.05, 3.63) is 75.8 Å². The minimum absolute atomic E-state index is 0.0535. The fourth-order valence-electron chi connectivity index (χ4n) is 3.73. The van der Waals surface area contributed by atoms with Gasteiger partial charge in [-0.3, -0.25) is 9.69 Å². The summed E-state index contributed by atoms with van der Waals surface area (Å²) in [5.41, 5.74) is 3.43. The lowest BCUT2D eigenvalue weighted by Gasteiger charge is -2.25. The molecule has 1 fully saturated rings. The zero-order chi connectivity index (χ0) is 16.5. The summed E-state index contributed by atoms with van der Waals surface area (Å²) in [5, 5.41) is 0.651. The van der Waals surface area contributed by atoms with Crippen LogP contribution in [0, 0.1) is 6.92 Å². The minimum Gasteiger partial charge on any atom is -0.309 e. The Morgan fingerprint density at radius 1 is 1.17 bits per heavy atom. The van der Waals surface area contributed by atoms with E-state index in [1.807, 2.05) is 24.3 Å². The van der Waals surface area contributed by atoms with Crippen LogP contribution in [0.5, 0.6) is 0 Å². The molecule has 0 aliphatic carbocycles. The molecule has 1 aromatic heterocycles. The molecule has 3 aromatic rings. The zero-order valence-electron chi connectivity index (χ0n) is 13.8. The maximum Gasteiger partial charge on any atom is 0.258 e. The maximum absolute atomic E-state index is 12.3. The molecule has 1 saturated heterocycles. The number of nitrogens with one attached hydrogen (secondary N) is 1. The van der Waals surface area contributed by atoms with Gasteiger partial charge in [-0.1, -0.05) is 36.4 Å². The molecular weight excluding hydrogens is 298 g/mol. The van der Waals surface area contributed by atoms with Gasteiger partial charge in [0.15, 0.2) is 0 Å². The van der Waals surface area contributed by atoms with Gasteiger partial charge in [0.1, 0.15) is 5.82 Å². The summed E-state index contributed by atoms with van der Waals surface area (Å²) in [6.45, 7) is 3.89. The first-order chi connectivity index (χ1) is 11.7. The van der Waals surface area contributed by atoms with Crippen molar-refractivity contribution in [2.45, 2.75) is 32.4 Å². The Morgan fingerprint density at radius 2 is 1.96 bits per heavy atom. The molecule has 0 saturated carbocycles. The summed E-state index contributed by atoms with van der Waals surface area (Å²) in [6.07, 6.45) is 2.33. The predicted octanol–water partition coefficient (Wildman–Crippen LogP) is 3.57. The number of aryl methyl sites for hydroxylation is 1. The normalized spacial score (nSPS) is 18.3. The third-order valence-corrected chi connectivity index (χ3v) is 4.93. The SMILES string of the molecule is Cc1ccccc1[C@@H]1CCCN1Cc1nc2ccccc2c(=O)[nH]1. The van der Waals surface area contributed by atoms with Crippen LogP contribution in [0.3, 0.4) is 0 Å². The van der Waals surface area contributed by atoms with Gasteiger partial charge in [-0.25, -0.2) is 4.98 Å². The van der Waals surface area contributed by atoms with Crippen molar-refractivity contribution < 1.29 is 0 Å². The van der Waals surface area contributed by atoms with E-state index in [1.54, 1.807) is 0 Å². The highest BCUT2D eigenvalue weighted by Crippen LogP contribution is 2.34. The van der Waals surface area contributed by atoms with E-state index in [0.29, 0.717) is 18.0 Å². The van der Waals surface area contributed by atoms with Crippen molar-refractivity contribution in [1.82, 2.24) is 14.9 Å². The minimum atomic E-state index is -0.0535. The van der Waals surface area contributed by atoms with Gasteiger partial charge >= 0.3 is 0 Å². The second kappa shape index (κ2) is 6.21. The third-order valence-electron chi connectivity index (χ3n) is 4.93. The fraction of sp³-hybridized carbons (Fsp3) is 0.300. The molecule has 1 atom stereocenters. The molecule has 4 heteroatoms. The fourth-order valence-corrected chi connectivity index (χ4v) is 3.73. The van der Waals surface area contributed by atoms with Gasteiger partial charge in [-0.15, -0.1) is 0 Å². The molecule has 4 nitrogen and oxygen atoms in total. The van der Waals surface area contributed by atoms with Crippen LogP contribution in [0.2, 0.25) is 0 Å². The van der Waals surface area contributed by atoms with Crippen LogP contribution < -0.4 is 5.56 Å². The van der Waals surface area contributed by atoms with Crippen LogP contribution in [-0.4, -0.2) is 21.4 Å². The number of para-hydroxylation sites is 1. The molecule has 1 aliphatic heterocycles. The van der Waals surface area contributed by atoms with Gasteiger partial charge in [0.25, 0.3) is 5.56 Å². The largest absolute Gasteiger partial charge is 0.309 e. The van der Waals surface area contributed by atoms with Gasteiger partial charge < -0.3 is 4.98 Å². The summed E-state index contributed by atoms with van der Waals surface area (Å²) < 4.78 is 0. The number of nitrogens with zero attached hydrogens (tertiary/aromatic N) is 2. The first-order valence-electron chi connectivity index (χ1n) is 8.50. The van der Waals surface area contributed by atoms with Crippen molar-refractivity contribution >= 4 is 10.9 Å². The number of hydrogen-bond donors (Lipinski definition) is 1. The van der Waals surface area contributed by atoms with Crippen LogP contribution in [-0.2, 0) is 6.54 Å². The highest BCUT2D eigenvalue weighted by molar-refractivity contribution is 5.77. The molecule has 0 bridgehead atoms. The second-order valence-electron chi connectivity index (χ2n) is 6.51. The molecule has 0 unspecified atom stereocenters. The van der Waals surface area contributed by atoms with E-state index >= 15 is 0 Å². The topological polar surface area (TPSA) is 49.0 Å². The Bertz CT molecular complexity index is 931. The van der Waals surface area contributed by atoms with Crippen molar-refractivity contribution in [3.8, 4) is 0 Å². The van der Waals surface area contributed by atoms with Crippen molar-refractivity contribution in [3.63, 3.8) is 0 Å². The van der Waals surface area contributed by atoms with Crippen molar-refractivity contribution in [2.24, 2.45) is 0 Å². The predicted molar refractivity (Wildman–Crippen MR) is 95.9 cm³/mol. The molecule has 0 spiro atoms. The number of H-pyrrole nitrogens is 1. The first kappa shape index (κ1) is 15.1. The Balaban J connectivity index is 1.65. The lowest BCUT2D eigenvalue weighted by Crippen LogP contribution is -2.26. The smallest absolute Gasteiger partial charge is 0.258 e. The highest BCUT2D eigenvalue weighted by Gasteiger charge is 2.27. The Morgan fingerprint density at radius 3 is 2.83 bits per heavy atom. The van der Waals surface area contributed by atoms with Crippen molar-refractivity contribution in [1.29, 1.82) is 0 Å². The van der Waals surface area contributed by atoms with E-state index in [2.05, 4.69) is 46.1 Å². The standard InChI is InChI=1S/C20H21N3O/c1-14-7-2-3-8-15(14)18-11-6-12-23(18)13-19-21-17-10-5-4-9-16(17)20(24)22-19/h2-5,7-10,18H,6,11-13H2,1H3,(H,21,22,24)/t18-/m0/s1. The van der Waals surface area contributed by atoms with E-state index in [-0.39, 0.29) is 5.56 Å². The average Bonchev–Trinajstić information content (AvgIpc) is 3.03. The molecule has 1 N–H and O–H groups in total. The Hall–Kier alpha value is -2.46. The van der Waals surface area contributed by atoms with Crippen LogP contribution in [0.1, 0.15) is 35.8 Å². The summed E-state index contributed by atoms with van der Waals surface area (Å²) in [4.78, 5) is 22.3. The molecule has 24 heavy (non-hydrogen) atoms. The molecular formula is C20H21N3O. The summed E-state index contributed by atoms with van der Waals surface area (Å²) >= 11 is 0. The molecule has 0 radical (unpaired) electrons. The lowest BCUT2D eigenvalue weighted by molar-refractivity contribution is 0.242. The summed E-state index contributed by atoms with van der Waals surface area (Å²) in [7, 11) is 0. The summed E-state index contributed by atoms with van der Waals surface area (Å²) in [6, 6.07) is 16.5. The quantitative estimate of drug-likeness (QED) is 0.803. The van der Waals surface area contributed by atoms with Crippen LogP contribution in [0.4, 0.5) is 0 Å². The van der Waals surface area contributed by atoms with E-state index in [4.69, 9.17) is 0 Å². The van der Waals surface area contributed by atoms with Gasteiger partial charge in [0.2, 0.25) is 0 Å². The molecule has 0 amide bonds. The van der Waals surface area contributed by atoms with E-state index in [1.165, 1.54) is 17.5 Å². The maximum atomic E-state index is 12.3. The number of fused-ring (bicyclic) bond motifs is 1. The molecule has 122 valence electrons. The Kier molecular flexibility index (Phi) is 3.90. The van der Waals surface area contributed by atoms with E-state index < -0.39 is 0 Å². The molecule has 2 heterocycles. The van der Waals surface area contributed by atoms with Crippen molar-refractivity contribution in [2.75, 3.05) is 6.54 Å². The lowest BCUT2D eigenvalue weighted by atomic mass is 9.99. The summed E-state index contributed by atoms with van der Waals surface area (Å²) in [5.74, 6) is 0.749. The zero-order valence-corrected chi connectivity index (χ0v) is 13.8. The monoisotopic (exact) mass is 319 g/mol.